The Bertz CT molecular complexity index is 1250. The molecule has 0 fully saturated rings. The molecule has 168 valence electrons. The smallest absolute Gasteiger partial charge is 0.309 e. The maximum absolute atomic E-state index is 13.3. The van der Waals surface area contributed by atoms with Crippen LogP contribution in [0.3, 0.4) is 0 Å². The number of nitrogens with zero attached hydrogens (tertiary/aromatic N) is 1. The lowest BCUT2D eigenvalue weighted by Gasteiger charge is -2.19. The van der Waals surface area contributed by atoms with Gasteiger partial charge in [0.1, 0.15) is 0 Å². The van der Waals surface area contributed by atoms with Gasteiger partial charge in [0.25, 0.3) is 0 Å². The van der Waals surface area contributed by atoms with E-state index in [-0.39, 0.29) is 10.8 Å². The Morgan fingerprint density at radius 2 is 1.03 bits per heavy atom. The van der Waals surface area contributed by atoms with Crippen molar-refractivity contribution >= 4 is 21.8 Å². The minimum Gasteiger partial charge on any atom is -0.309 e. The van der Waals surface area contributed by atoms with Crippen LogP contribution in [0.15, 0.2) is 54.6 Å². The second-order valence-electron chi connectivity index (χ2n) is 10.8. The standard InChI is InChI=1S/C28H30F3N/c1-17-14-20(28(29,30)31)10-11-23(17)32-24-12-8-18(26(2,3)4)15-21(24)22-16-19(27(5,6)7)9-13-25(22)32/h8-16H,1-7H3. The van der Waals surface area contributed by atoms with Crippen molar-refractivity contribution in [3.05, 3.63) is 76.9 Å². The molecular weight excluding hydrogens is 407 g/mol. The Morgan fingerprint density at radius 1 is 0.594 bits per heavy atom. The molecule has 1 aromatic heterocycles. The Kier molecular flexibility index (Phi) is 5.00. The molecule has 1 nitrogen and oxygen atoms in total. The molecule has 0 spiro atoms. The third-order valence-corrected chi connectivity index (χ3v) is 6.26. The summed E-state index contributed by atoms with van der Waals surface area (Å²) in [7, 11) is 0. The highest BCUT2D eigenvalue weighted by Crippen LogP contribution is 2.39. The number of fused-ring (bicyclic) bond motifs is 3. The lowest BCUT2D eigenvalue weighted by molar-refractivity contribution is -0.137. The summed E-state index contributed by atoms with van der Waals surface area (Å²) in [5, 5.41) is 2.25. The Labute approximate surface area is 187 Å². The zero-order valence-corrected chi connectivity index (χ0v) is 19.8. The molecule has 0 saturated heterocycles. The van der Waals surface area contributed by atoms with Crippen molar-refractivity contribution < 1.29 is 13.2 Å². The second kappa shape index (κ2) is 7.13. The fourth-order valence-corrected chi connectivity index (χ4v) is 4.30. The van der Waals surface area contributed by atoms with Gasteiger partial charge in [-0.15, -0.1) is 0 Å². The molecule has 0 atom stereocenters. The van der Waals surface area contributed by atoms with Crippen LogP contribution < -0.4 is 0 Å². The van der Waals surface area contributed by atoms with E-state index in [9.17, 15) is 13.2 Å². The molecule has 0 aliphatic rings. The molecular formula is C28H30F3N. The highest BCUT2D eigenvalue weighted by atomic mass is 19.4. The van der Waals surface area contributed by atoms with Crippen molar-refractivity contribution in [2.24, 2.45) is 0 Å². The third kappa shape index (κ3) is 3.80. The summed E-state index contributed by atoms with van der Waals surface area (Å²) < 4.78 is 41.9. The van der Waals surface area contributed by atoms with Crippen LogP contribution in [0.5, 0.6) is 0 Å². The summed E-state index contributed by atoms with van der Waals surface area (Å²) in [6.45, 7) is 14.9. The molecule has 0 unspecified atom stereocenters. The first-order valence-electron chi connectivity index (χ1n) is 11.0. The van der Waals surface area contributed by atoms with E-state index in [0.29, 0.717) is 5.56 Å². The van der Waals surface area contributed by atoms with Crippen molar-refractivity contribution in [2.75, 3.05) is 0 Å². The number of halogens is 3. The van der Waals surface area contributed by atoms with Crippen LogP contribution in [0.2, 0.25) is 0 Å². The van der Waals surface area contributed by atoms with Crippen molar-refractivity contribution in [3.8, 4) is 5.69 Å². The fraction of sp³-hybridized carbons (Fsp3) is 0.357. The molecule has 0 saturated carbocycles. The van der Waals surface area contributed by atoms with Gasteiger partial charge >= 0.3 is 6.18 Å². The first-order chi connectivity index (χ1) is 14.7. The molecule has 4 aromatic rings. The summed E-state index contributed by atoms with van der Waals surface area (Å²) >= 11 is 0. The molecule has 0 radical (unpaired) electrons. The van der Waals surface area contributed by atoms with Gasteiger partial charge in [-0.05, 0) is 76.9 Å². The quantitative estimate of drug-likeness (QED) is 0.281. The van der Waals surface area contributed by atoms with Crippen LogP contribution in [0.1, 0.15) is 63.8 Å². The van der Waals surface area contributed by atoms with E-state index in [1.54, 1.807) is 13.0 Å². The average molecular weight is 438 g/mol. The largest absolute Gasteiger partial charge is 0.416 e. The van der Waals surface area contributed by atoms with Crippen molar-refractivity contribution in [2.45, 2.75) is 65.5 Å². The van der Waals surface area contributed by atoms with E-state index in [0.717, 1.165) is 27.5 Å². The maximum Gasteiger partial charge on any atom is 0.416 e. The molecule has 32 heavy (non-hydrogen) atoms. The monoisotopic (exact) mass is 437 g/mol. The van der Waals surface area contributed by atoms with E-state index < -0.39 is 11.7 Å². The number of aryl methyl sites for hydroxylation is 1. The SMILES string of the molecule is Cc1cc(C(F)(F)F)ccc1-n1c2ccc(C(C)(C)C)cc2c2cc(C(C)(C)C)ccc21. The van der Waals surface area contributed by atoms with Crippen molar-refractivity contribution in [1.29, 1.82) is 0 Å². The number of hydrogen-bond acceptors (Lipinski definition) is 0. The number of alkyl halides is 3. The highest BCUT2D eigenvalue weighted by Gasteiger charge is 2.31. The molecule has 0 aliphatic heterocycles. The number of benzene rings is 3. The van der Waals surface area contributed by atoms with Crippen LogP contribution in [-0.2, 0) is 17.0 Å². The third-order valence-electron chi connectivity index (χ3n) is 6.26. The van der Waals surface area contributed by atoms with Gasteiger partial charge in [0.15, 0.2) is 0 Å². The maximum atomic E-state index is 13.3. The molecule has 0 N–H and O–H groups in total. The van der Waals surface area contributed by atoms with E-state index in [4.69, 9.17) is 0 Å². The van der Waals surface area contributed by atoms with E-state index >= 15 is 0 Å². The summed E-state index contributed by atoms with van der Waals surface area (Å²) in [5.41, 5.74) is 5.20. The van der Waals surface area contributed by atoms with Gasteiger partial charge in [-0.3, -0.25) is 0 Å². The zero-order chi connectivity index (χ0) is 23.6. The fourth-order valence-electron chi connectivity index (χ4n) is 4.30. The predicted octanol–water partition coefficient (Wildman–Crippen LogP) is 8.71. The highest BCUT2D eigenvalue weighted by molar-refractivity contribution is 6.10. The number of rotatable bonds is 1. The average Bonchev–Trinajstić information content (AvgIpc) is 2.99. The molecule has 0 amide bonds. The zero-order valence-electron chi connectivity index (χ0n) is 19.8. The van der Waals surface area contributed by atoms with Gasteiger partial charge in [0, 0.05) is 16.5 Å². The normalized spacial score (nSPS) is 13.3. The second-order valence-corrected chi connectivity index (χ2v) is 10.8. The van der Waals surface area contributed by atoms with Gasteiger partial charge in [-0.1, -0.05) is 53.7 Å². The first-order valence-corrected chi connectivity index (χ1v) is 11.0. The van der Waals surface area contributed by atoms with Crippen molar-refractivity contribution in [3.63, 3.8) is 0 Å². The Hall–Kier alpha value is -2.75. The van der Waals surface area contributed by atoms with Gasteiger partial charge in [-0.2, -0.15) is 13.2 Å². The molecule has 0 aliphatic carbocycles. The van der Waals surface area contributed by atoms with Gasteiger partial charge in [0.2, 0.25) is 0 Å². The number of hydrogen-bond donors (Lipinski definition) is 0. The Balaban J connectivity index is 2.08. The summed E-state index contributed by atoms with van der Waals surface area (Å²) in [6, 6.07) is 16.9. The van der Waals surface area contributed by atoms with Crippen LogP contribution in [-0.4, -0.2) is 4.57 Å². The summed E-state index contributed by atoms with van der Waals surface area (Å²) in [5.74, 6) is 0. The number of aromatic nitrogens is 1. The van der Waals surface area contributed by atoms with E-state index in [2.05, 4.69) is 82.5 Å². The minimum atomic E-state index is -4.35. The van der Waals surface area contributed by atoms with E-state index in [1.807, 2.05) is 0 Å². The topological polar surface area (TPSA) is 4.93 Å². The molecule has 4 heteroatoms. The molecule has 4 rings (SSSR count). The summed E-state index contributed by atoms with van der Waals surface area (Å²) in [6.07, 6.45) is -4.35. The lowest BCUT2D eigenvalue weighted by Crippen LogP contribution is -2.10. The van der Waals surface area contributed by atoms with Crippen LogP contribution >= 0.6 is 0 Å². The van der Waals surface area contributed by atoms with Crippen LogP contribution in [0.25, 0.3) is 27.5 Å². The first kappa shape index (κ1) is 22.4. The minimum absolute atomic E-state index is 0.00543. The Morgan fingerprint density at radius 3 is 1.41 bits per heavy atom. The molecule has 0 bridgehead atoms. The van der Waals surface area contributed by atoms with Gasteiger partial charge in [-0.25, -0.2) is 0 Å². The van der Waals surface area contributed by atoms with E-state index in [1.165, 1.54) is 23.3 Å². The van der Waals surface area contributed by atoms with Gasteiger partial charge in [0.05, 0.1) is 16.6 Å². The molecule has 3 aromatic carbocycles. The predicted molar refractivity (Wildman–Crippen MR) is 128 cm³/mol. The van der Waals surface area contributed by atoms with Gasteiger partial charge < -0.3 is 4.57 Å². The summed E-state index contributed by atoms with van der Waals surface area (Å²) in [4.78, 5) is 0. The molecule has 1 heterocycles. The lowest BCUT2D eigenvalue weighted by atomic mass is 9.85. The van der Waals surface area contributed by atoms with Crippen LogP contribution in [0.4, 0.5) is 13.2 Å². The van der Waals surface area contributed by atoms with Crippen LogP contribution in [0, 0.1) is 6.92 Å². The van der Waals surface area contributed by atoms with Crippen molar-refractivity contribution in [1.82, 2.24) is 4.57 Å².